The van der Waals surface area contributed by atoms with Gasteiger partial charge in [-0.3, -0.25) is 14.5 Å². The van der Waals surface area contributed by atoms with Crippen molar-refractivity contribution in [3.63, 3.8) is 0 Å². The predicted molar refractivity (Wildman–Crippen MR) is 107 cm³/mol. The zero-order valence-corrected chi connectivity index (χ0v) is 16.6. The summed E-state index contributed by atoms with van der Waals surface area (Å²) in [6.45, 7) is 1.90. The molecule has 1 aliphatic rings. The summed E-state index contributed by atoms with van der Waals surface area (Å²) in [4.78, 5) is 27.4. The molecule has 9 heteroatoms. The summed E-state index contributed by atoms with van der Waals surface area (Å²) < 4.78 is 31.8. The van der Waals surface area contributed by atoms with Crippen molar-refractivity contribution in [3.8, 4) is 0 Å². The van der Waals surface area contributed by atoms with Gasteiger partial charge in [0, 0.05) is 36.3 Å². The van der Waals surface area contributed by atoms with Crippen molar-refractivity contribution in [1.29, 1.82) is 0 Å². The van der Waals surface area contributed by atoms with E-state index in [1.54, 1.807) is 11.3 Å². The Morgan fingerprint density at radius 2 is 2.07 bits per heavy atom. The van der Waals surface area contributed by atoms with E-state index in [9.17, 15) is 18.4 Å². The maximum Gasteiger partial charge on any atom is 0.243 e. The third kappa shape index (κ3) is 6.88. The molecule has 2 amide bonds. The number of carbonyl (C=O) groups excluding carboxylic acids is 2. The van der Waals surface area contributed by atoms with Gasteiger partial charge in [0.05, 0.1) is 19.2 Å². The third-order valence-corrected chi connectivity index (χ3v) is 5.32. The highest BCUT2D eigenvalue weighted by Crippen LogP contribution is 2.17. The molecule has 1 fully saturated rings. The molecule has 156 valence electrons. The molecule has 0 radical (unpaired) electrons. The molecule has 2 aromatic rings. The van der Waals surface area contributed by atoms with Crippen molar-refractivity contribution in [2.75, 3.05) is 31.6 Å². The van der Waals surface area contributed by atoms with Gasteiger partial charge in [-0.1, -0.05) is 6.07 Å². The first-order chi connectivity index (χ1) is 14.0. The summed E-state index contributed by atoms with van der Waals surface area (Å²) in [7, 11) is 0. The number of anilines is 1. The Bertz CT molecular complexity index is 826. The van der Waals surface area contributed by atoms with Crippen LogP contribution in [-0.4, -0.2) is 49.1 Å². The van der Waals surface area contributed by atoms with E-state index in [-0.39, 0.29) is 30.8 Å². The number of carbonyl (C=O) groups is 2. The Balaban J connectivity index is 1.47. The Hall–Kier alpha value is -2.36. The second-order valence-corrected chi connectivity index (χ2v) is 7.87. The molecule has 3 rings (SSSR count). The minimum atomic E-state index is -1.05. The molecule has 29 heavy (non-hydrogen) atoms. The number of hydrogen-bond donors (Lipinski definition) is 2. The number of nitrogens with zero attached hydrogens (tertiary/aromatic N) is 1. The van der Waals surface area contributed by atoms with Gasteiger partial charge in [-0.25, -0.2) is 8.78 Å². The van der Waals surface area contributed by atoms with Crippen LogP contribution >= 0.6 is 11.3 Å². The second kappa shape index (κ2) is 10.4. The van der Waals surface area contributed by atoms with E-state index in [4.69, 9.17) is 4.74 Å². The normalized spacial score (nSPS) is 16.2. The Morgan fingerprint density at radius 1 is 1.21 bits per heavy atom. The third-order valence-electron chi connectivity index (χ3n) is 4.46. The Labute approximate surface area is 171 Å². The van der Waals surface area contributed by atoms with Gasteiger partial charge in [-0.15, -0.1) is 11.3 Å². The van der Waals surface area contributed by atoms with Gasteiger partial charge in [0.1, 0.15) is 0 Å². The fourth-order valence-electron chi connectivity index (χ4n) is 3.10. The molecule has 1 aliphatic heterocycles. The predicted octanol–water partition coefficient (Wildman–Crippen LogP) is 2.76. The van der Waals surface area contributed by atoms with Crippen molar-refractivity contribution >= 4 is 28.8 Å². The van der Waals surface area contributed by atoms with E-state index in [0.717, 1.165) is 36.5 Å². The number of benzene rings is 1. The molecule has 1 aromatic carbocycles. The lowest BCUT2D eigenvalue weighted by atomic mass is 10.2. The first-order valence-corrected chi connectivity index (χ1v) is 10.3. The summed E-state index contributed by atoms with van der Waals surface area (Å²) in [5.41, 5.74) is 0.126. The highest BCUT2D eigenvalue weighted by atomic mass is 32.1. The molecule has 1 unspecified atom stereocenters. The van der Waals surface area contributed by atoms with Gasteiger partial charge in [-0.2, -0.15) is 0 Å². The van der Waals surface area contributed by atoms with Crippen LogP contribution in [0.15, 0.2) is 35.7 Å². The summed E-state index contributed by atoms with van der Waals surface area (Å²) in [5, 5.41) is 6.98. The van der Waals surface area contributed by atoms with Crippen LogP contribution in [0.5, 0.6) is 0 Å². The van der Waals surface area contributed by atoms with Crippen LogP contribution in [0.2, 0.25) is 0 Å². The molecule has 1 aromatic heterocycles. The number of ether oxygens (including phenoxy) is 1. The van der Waals surface area contributed by atoms with Gasteiger partial charge < -0.3 is 15.4 Å². The smallest absolute Gasteiger partial charge is 0.243 e. The van der Waals surface area contributed by atoms with Crippen LogP contribution in [0, 0.1) is 11.6 Å². The van der Waals surface area contributed by atoms with Gasteiger partial charge in [0.2, 0.25) is 11.8 Å². The fraction of sp³-hybridized carbons (Fsp3) is 0.400. The van der Waals surface area contributed by atoms with E-state index in [0.29, 0.717) is 13.1 Å². The van der Waals surface area contributed by atoms with Gasteiger partial charge >= 0.3 is 0 Å². The first kappa shape index (κ1) is 21.4. The van der Waals surface area contributed by atoms with Gasteiger partial charge in [0.15, 0.2) is 11.6 Å². The molecule has 0 bridgehead atoms. The Morgan fingerprint density at radius 3 is 2.76 bits per heavy atom. The zero-order valence-electron chi connectivity index (χ0n) is 15.8. The van der Waals surface area contributed by atoms with Crippen LogP contribution in [0.4, 0.5) is 14.5 Å². The SMILES string of the molecule is O=C(CN(Cc1cccs1)CC1CCCO1)NCC(=O)Nc1ccc(F)c(F)c1. The second-order valence-electron chi connectivity index (χ2n) is 6.84. The average Bonchev–Trinajstić information content (AvgIpc) is 3.37. The topological polar surface area (TPSA) is 70.7 Å². The maximum absolute atomic E-state index is 13.2. The van der Waals surface area contributed by atoms with E-state index in [2.05, 4.69) is 10.6 Å². The molecule has 2 N–H and O–H groups in total. The quantitative estimate of drug-likeness (QED) is 0.651. The lowest BCUT2D eigenvalue weighted by molar-refractivity contribution is -0.125. The number of nitrogens with one attached hydrogen (secondary N) is 2. The van der Waals surface area contributed by atoms with Crippen LogP contribution in [0.3, 0.4) is 0 Å². The highest BCUT2D eigenvalue weighted by Gasteiger charge is 2.21. The van der Waals surface area contributed by atoms with E-state index in [1.165, 1.54) is 6.07 Å². The number of hydrogen-bond acceptors (Lipinski definition) is 5. The van der Waals surface area contributed by atoms with Crippen LogP contribution < -0.4 is 10.6 Å². The molecule has 0 saturated carbocycles. The van der Waals surface area contributed by atoms with Crippen LogP contribution in [-0.2, 0) is 20.9 Å². The van der Waals surface area contributed by atoms with Crippen molar-refractivity contribution in [2.24, 2.45) is 0 Å². The first-order valence-electron chi connectivity index (χ1n) is 9.37. The largest absolute Gasteiger partial charge is 0.377 e. The lowest BCUT2D eigenvalue weighted by Crippen LogP contribution is -2.42. The van der Waals surface area contributed by atoms with Crippen molar-refractivity contribution in [3.05, 3.63) is 52.2 Å². The highest BCUT2D eigenvalue weighted by molar-refractivity contribution is 7.09. The number of thiophene rings is 1. The minimum absolute atomic E-state index is 0.111. The molecule has 0 aliphatic carbocycles. The molecular formula is C20H23F2N3O3S. The number of halogens is 2. The molecular weight excluding hydrogens is 400 g/mol. The summed E-state index contributed by atoms with van der Waals surface area (Å²) in [5.74, 6) is -2.85. The lowest BCUT2D eigenvalue weighted by Gasteiger charge is -2.24. The van der Waals surface area contributed by atoms with E-state index >= 15 is 0 Å². The van der Waals surface area contributed by atoms with Gasteiger partial charge in [0.25, 0.3) is 0 Å². The summed E-state index contributed by atoms with van der Waals surface area (Å²) in [6.07, 6.45) is 2.10. The molecule has 0 spiro atoms. The molecule has 2 heterocycles. The number of rotatable bonds is 9. The van der Waals surface area contributed by atoms with E-state index in [1.807, 2.05) is 22.4 Å². The van der Waals surface area contributed by atoms with Crippen molar-refractivity contribution < 1.29 is 23.1 Å². The maximum atomic E-state index is 13.2. The van der Waals surface area contributed by atoms with Crippen LogP contribution in [0.1, 0.15) is 17.7 Å². The van der Waals surface area contributed by atoms with Gasteiger partial charge in [-0.05, 0) is 36.4 Å². The molecule has 1 atom stereocenters. The summed E-state index contributed by atoms with van der Waals surface area (Å²) >= 11 is 1.62. The Kier molecular flexibility index (Phi) is 7.68. The van der Waals surface area contributed by atoms with Crippen molar-refractivity contribution in [1.82, 2.24) is 10.2 Å². The van der Waals surface area contributed by atoms with E-state index < -0.39 is 17.5 Å². The molecule has 1 saturated heterocycles. The average molecular weight is 423 g/mol. The zero-order chi connectivity index (χ0) is 20.6. The van der Waals surface area contributed by atoms with Crippen molar-refractivity contribution in [2.45, 2.75) is 25.5 Å². The fourth-order valence-corrected chi connectivity index (χ4v) is 3.85. The monoisotopic (exact) mass is 423 g/mol. The number of amides is 2. The standard InChI is InChI=1S/C20H23F2N3O3S/c21-17-6-5-14(9-18(17)22)24-19(26)10-23-20(27)13-25(11-15-3-1-7-28-15)12-16-4-2-8-29-16/h2,4-6,8-9,15H,1,3,7,10-13H2,(H,23,27)(H,24,26). The minimum Gasteiger partial charge on any atom is -0.377 e. The van der Waals surface area contributed by atoms with Crippen LogP contribution in [0.25, 0.3) is 0 Å². The molecule has 6 nitrogen and oxygen atoms in total. The summed E-state index contributed by atoms with van der Waals surface area (Å²) in [6, 6.07) is 7.05.